The molecule has 0 saturated carbocycles. The van der Waals surface area contributed by atoms with Crippen molar-refractivity contribution in [2.24, 2.45) is 0 Å². The van der Waals surface area contributed by atoms with Crippen molar-refractivity contribution >= 4 is 17.3 Å². The van der Waals surface area contributed by atoms with Gasteiger partial charge in [0.25, 0.3) is 5.91 Å². The Morgan fingerprint density at radius 1 is 1.16 bits per heavy atom. The second kappa shape index (κ2) is 7.57. The number of phenolic OH excluding ortho intramolecular Hbond substituents is 1. The highest BCUT2D eigenvalue weighted by Gasteiger charge is 2.20. The Bertz CT molecular complexity index is 722. The summed E-state index contributed by atoms with van der Waals surface area (Å²) in [5.41, 5.74) is 2.34. The van der Waals surface area contributed by atoms with E-state index >= 15 is 0 Å². The fraction of sp³-hybridized carbons (Fsp3) is 0.350. The molecule has 0 aromatic heterocycles. The predicted molar refractivity (Wildman–Crippen MR) is 101 cm³/mol. The van der Waals surface area contributed by atoms with Gasteiger partial charge in [0.1, 0.15) is 5.75 Å². The lowest BCUT2D eigenvalue weighted by Gasteiger charge is -2.36. The first-order valence-electron chi connectivity index (χ1n) is 8.65. The van der Waals surface area contributed by atoms with Crippen LogP contribution in [0.1, 0.15) is 23.2 Å². The summed E-state index contributed by atoms with van der Waals surface area (Å²) in [5.74, 6) is -0.143. The van der Waals surface area contributed by atoms with Gasteiger partial charge < -0.3 is 20.2 Å². The lowest BCUT2D eigenvalue weighted by Crippen LogP contribution is -2.41. The summed E-state index contributed by atoms with van der Waals surface area (Å²) in [7, 11) is 4.30. The first kappa shape index (κ1) is 17.3. The molecule has 2 aromatic carbocycles. The predicted octanol–water partition coefficient (Wildman–Crippen LogP) is 3.17. The number of anilines is 2. The molecule has 1 heterocycles. The minimum atomic E-state index is -0.229. The third-order valence-corrected chi connectivity index (χ3v) is 4.88. The number of hydrogen-bond donors (Lipinski definition) is 2. The van der Waals surface area contributed by atoms with Gasteiger partial charge in [-0.2, -0.15) is 0 Å². The second-order valence-corrected chi connectivity index (χ2v) is 6.70. The van der Waals surface area contributed by atoms with Crippen LogP contribution < -0.4 is 10.2 Å². The number of carbonyl (C=O) groups is 1. The molecule has 1 aliphatic rings. The van der Waals surface area contributed by atoms with E-state index in [-0.39, 0.29) is 11.7 Å². The average molecular weight is 339 g/mol. The van der Waals surface area contributed by atoms with Gasteiger partial charge in [0.05, 0.1) is 0 Å². The van der Waals surface area contributed by atoms with Gasteiger partial charge in [-0.1, -0.05) is 6.07 Å². The van der Waals surface area contributed by atoms with Crippen molar-refractivity contribution < 1.29 is 9.90 Å². The quantitative estimate of drug-likeness (QED) is 0.898. The van der Waals surface area contributed by atoms with Crippen LogP contribution in [0.4, 0.5) is 11.4 Å². The Morgan fingerprint density at radius 2 is 1.84 bits per heavy atom. The summed E-state index contributed by atoms with van der Waals surface area (Å²) in [4.78, 5) is 16.9. The number of aromatic hydroxyl groups is 1. The minimum absolute atomic E-state index is 0.0859. The number of rotatable bonds is 4. The molecule has 25 heavy (non-hydrogen) atoms. The number of benzene rings is 2. The van der Waals surface area contributed by atoms with Crippen molar-refractivity contribution in [3.05, 3.63) is 54.1 Å². The van der Waals surface area contributed by atoms with Gasteiger partial charge in [0, 0.05) is 30.0 Å². The normalized spacial score (nSPS) is 15.8. The van der Waals surface area contributed by atoms with Crippen LogP contribution in [0.15, 0.2) is 48.5 Å². The van der Waals surface area contributed by atoms with E-state index in [0.29, 0.717) is 11.6 Å². The van der Waals surface area contributed by atoms with E-state index in [1.807, 2.05) is 24.3 Å². The molecule has 0 atom stereocenters. The first-order chi connectivity index (χ1) is 12.0. The zero-order chi connectivity index (χ0) is 17.8. The third kappa shape index (κ3) is 4.31. The molecular weight excluding hydrogens is 314 g/mol. The monoisotopic (exact) mass is 339 g/mol. The molecule has 2 N–H and O–H groups in total. The number of phenols is 1. The topological polar surface area (TPSA) is 55.8 Å². The standard InChI is InChI=1S/C20H25N3O2/c1-22-12-10-18(11-13-22)23(2)17-8-6-16(7-9-17)21-20(25)15-4-3-5-19(24)14-15/h3-9,14,18,24H,10-13H2,1-2H3,(H,21,25). The zero-order valence-electron chi connectivity index (χ0n) is 14.8. The summed E-state index contributed by atoms with van der Waals surface area (Å²) in [6.07, 6.45) is 2.34. The van der Waals surface area contributed by atoms with E-state index in [9.17, 15) is 9.90 Å². The molecule has 0 unspecified atom stereocenters. The second-order valence-electron chi connectivity index (χ2n) is 6.70. The van der Waals surface area contributed by atoms with Gasteiger partial charge in [-0.3, -0.25) is 4.79 Å². The van der Waals surface area contributed by atoms with Crippen LogP contribution in [0, 0.1) is 0 Å². The zero-order valence-corrected chi connectivity index (χ0v) is 14.8. The highest BCUT2D eigenvalue weighted by Crippen LogP contribution is 2.23. The Hall–Kier alpha value is -2.53. The smallest absolute Gasteiger partial charge is 0.255 e. The van der Waals surface area contributed by atoms with Crippen LogP contribution in [0.3, 0.4) is 0 Å². The van der Waals surface area contributed by atoms with Gasteiger partial charge in [-0.15, -0.1) is 0 Å². The molecular formula is C20H25N3O2. The Labute approximate surface area is 148 Å². The van der Waals surface area contributed by atoms with E-state index in [2.05, 4.69) is 29.2 Å². The van der Waals surface area contributed by atoms with Crippen LogP contribution in [-0.2, 0) is 0 Å². The molecule has 132 valence electrons. The van der Waals surface area contributed by atoms with Crippen LogP contribution in [-0.4, -0.2) is 49.1 Å². The largest absolute Gasteiger partial charge is 0.508 e. The molecule has 1 aliphatic heterocycles. The van der Waals surface area contributed by atoms with Crippen molar-refractivity contribution in [2.75, 3.05) is 37.4 Å². The summed E-state index contributed by atoms with van der Waals surface area (Å²) in [6.45, 7) is 2.26. The first-order valence-corrected chi connectivity index (χ1v) is 8.65. The number of hydrogen-bond acceptors (Lipinski definition) is 4. The maximum Gasteiger partial charge on any atom is 0.255 e. The lowest BCUT2D eigenvalue weighted by atomic mass is 10.0. The maximum absolute atomic E-state index is 12.2. The number of piperidine rings is 1. The fourth-order valence-corrected chi connectivity index (χ4v) is 3.22. The van der Waals surface area contributed by atoms with Crippen LogP contribution in [0.5, 0.6) is 5.75 Å². The number of amides is 1. The van der Waals surface area contributed by atoms with Crippen LogP contribution in [0.2, 0.25) is 0 Å². The van der Waals surface area contributed by atoms with E-state index in [1.54, 1.807) is 18.2 Å². The van der Waals surface area contributed by atoms with Crippen LogP contribution in [0.25, 0.3) is 0 Å². The maximum atomic E-state index is 12.2. The van der Waals surface area contributed by atoms with Crippen molar-refractivity contribution in [3.63, 3.8) is 0 Å². The molecule has 5 heteroatoms. The van der Waals surface area contributed by atoms with Gasteiger partial charge in [0.2, 0.25) is 0 Å². The van der Waals surface area contributed by atoms with Crippen LogP contribution >= 0.6 is 0 Å². The van der Waals surface area contributed by atoms with Gasteiger partial charge >= 0.3 is 0 Å². The summed E-state index contributed by atoms with van der Waals surface area (Å²) >= 11 is 0. The van der Waals surface area contributed by atoms with Crippen molar-refractivity contribution in [1.82, 2.24) is 4.90 Å². The molecule has 1 amide bonds. The lowest BCUT2D eigenvalue weighted by molar-refractivity contribution is 0.102. The molecule has 0 bridgehead atoms. The fourth-order valence-electron chi connectivity index (χ4n) is 3.22. The van der Waals surface area contributed by atoms with Crippen molar-refractivity contribution in [1.29, 1.82) is 0 Å². The molecule has 0 radical (unpaired) electrons. The summed E-state index contributed by atoms with van der Waals surface area (Å²) < 4.78 is 0. The third-order valence-electron chi connectivity index (χ3n) is 4.88. The van der Waals surface area contributed by atoms with Gasteiger partial charge in [-0.25, -0.2) is 0 Å². The van der Waals surface area contributed by atoms with Crippen molar-refractivity contribution in [3.8, 4) is 5.75 Å². The van der Waals surface area contributed by atoms with E-state index < -0.39 is 0 Å². The van der Waals surface area contributed by atoms with Gasteiger partial charge in [-0.05, 0) is 75.4 Å². The number of nitrogens with zero attached hydrogens (tertiary/aromatic N) is 2. The molecule has 3 rings (SSSR count). The van der Waals surface area contributed by atoms with E-state index in [4.69, 9.17) is 0 Å². The number of nitrogens with one attached hydrogen (secondary N) is 1. The summed E-state index contributed by atoms with van der Waals surface area (Å²) in [6, 6.07) is 14.8. The highest BCUT2D eigenvalue weighted by molar-refractivity contribution is 6.04. The average Bonchev–Trinajstić information content (AvgIpc) is 2.62. The number of likely N-dealkylation sites (tertiary alicyclic amines) is 1. The Kier molecular flexibility index (Phi) is 5.24. The number of carbonyl (C=O) groups excluding carboxylic acids is 1. The molecule has 0 spiro atoms. The molecule has 5 nitrogen and oxygen atoms in total. The molecule has 2 aromatic rings. The SMILES string of the molecule is CN1CCC(N(C)c2ccc(NC(=O)c3cccc(O)c3)cc2)CC1. The molecule has 1 fully saturated rings. The van der Waals surface area contributed by atoms with Crippen molar-refractivity contribution in [2.45, 2.75) is 18.9 Å². The van der Waals surface area contributed by atoms with E-state index in [1.165, 1.54) is 18.9 Å². The van der Waals surface area contributed by atoms with Gasteiger partial charge in [0.15, 0.2) is 0 Å². The minimum Gasteiger partial charge on any atom is -0.508 e. The highest BCUT2D eigenvalue weighted by atomic mass is 16.3. The molecule has 0 aliphatic carbocycles. The Balaban J connectivity index is 1.63. The summed E-state index contributed by atoms with van der Waals surface area (Å²) in [5, 5.41) is 12.3. The Morgan fingerprint density at radius 3 is 2.48 bits per heavy atom. The molecule has 1 saturated heterocycles. The van der Waals surface area contributed by atoms with E-state index in [0.717, 1.165) is 24.5 Å².